The van der Waals surface area contributed by atoms with Gasteiger partial charge in [-0.2, -0.15) is 0 Å². The Kier molecular flexibility index (Phi) is 5.79. The summed E-state index contributed by atoms with van der Waals surface area (Å²) in [7, 11) is 1.55. The summed E-state index contributed by atoms with van der Waals surface area (Å²) < 4.78 is 32.1. The summed E-state index contributed by atoms with van der Waals surface area (Å²) in [6.45, 7) is 4.66. The molecule has 1 unspecified atom stereocenters. The van der Waals surface area contributed by atoms with Gasteiger partial charge in [0.25, 0.3) is 5.91 Å². The van der Waals surface area contributed by atoms with E-state index < -0.39 is 17.5 Å². The van der Waals surface area contributed by atoms with Crippen LogP contribution < -0.4 is 0 Å². The Morgan fingerprint density at radius 3 is 2.83 bits per heavy atom. The second kappa shape index (κ2) is 7.61. The van der Waals surface area contributed by atoms with Gasteiger partial charge in [-0.3, -0.25) is 4.79 Å². The molecule has 7 heteroatoms. The first-order chi connectivity index (χ1) is 10.9. The smallest absolute Gasteiger partial charge is 0.256 e. The molecule has 0 aliphatic carbocycles. The van der Waals surface area contributed by atoms with Crippen molar-refractivity contribution in [2.45, 2.75) is 26.5 Å². The molecule has 1 atom stereocenters. The molecule has 1 aromatic carbocycles. The van der Waals surface area contributed by atoms with Crippen molar-refractivity contribution in [3.05, 3.63) is 51.5 Å². The van der Waals surface area contributed by atoms with Crippen molar-refractivity contribution in [2.24, 2.45) is 0 Å². The number of carbonyl (C=O) groups excluding carboxylic acids is 1. The van der Waals surface area contributed by atoms with E-state index >= 15 is 0 Å². The largest absolute Gasteiger partial charge is 0.372 e. The van der Waals surface area contributed by atoms with E-state index in [1.54, 1.807) is 7.05 Å². The Morgan fingerprint density at radius 1 is 1.43 bits per heavy atom. The van der Waals surface area contributed by atoms with Crippen molar-refractivity contribution in [1.82, 2.24) is 9.88 Å². The molecule has 0 N–H and O–H groups in total. The number of aromatic nitrogens is 1. The van der Waals surface area contributed by atoms with Gasteiger partial charge in [-0.05, 0) is 26.0 Å². The molecule has 2 rings (SSSR count). The molecule has 0 radical (unpaired) electrons. The predicted molar refractivity (Wildman–Crippen MR) is 84.3 cm³/mol. The lowest BCUT2D eigenvalue weighted by Crippen LogP contribution is -2.27. The molecule has 0 fully saturated rings. The van der Waals surface area contributed by atoms with Gasteiger partial charge in [-0.15, -0.1) is 11.3 Å². The molecule has 4 nitrogen and oxygen atoms in total. The van der Waals surface area contributed by atoms with Crippen molar-refractivity contribution < 1.29 is 18.3 Å². The van der Waals surface area contributed by atoms with Gasteiger partial charge in [-0.25, -0.2) is 13.8 Å². The Balaban J connectivity index is 2.06. The van der Waals surface area contributed by atoms with Gasteiger partial charge < -0.3 is 9.64 Å². The van der Waals surface area contributed by atoms with Crippen LogP contribution in [0, 0.1) is 11.6 Å². The van der Waals surface area contributed by atoms with Crippen LogP contribution in [0.3, 0.4) is 0 Å². The van der Waals surface area contributed by atoms with Crippen LogP contribution in [0.2, 0.25) is 0 Å². The molecular formula is C16H18F2N2O2S. The topological polar surface area (TPSA) is 42.4 Å². The number of hydrogen-bond donors (Lipinski definition) is 0. The number of nitrogens with zero attached hydrogens (tertiary/aromatic N) is 2. The Labute approximate surface area is 137 Å². The standard InChI is InChI=1S/C16H18F2N2O2S/c1-4-22-10(2)15-19-12(9-23-15)8-20(3)16(21)13-6-5-11(17)7-14(13)18/h5-7,9-10H,4,8H2,1-3H3. The number of carbonyl (C=O) groups is 1. The summed E-state index contributed by atoms with van der Waals surface area (Å²) in [5.41, 5.74) is 0.543. The minimum Gasteiger partial charge on any atom is -0.372 e. The molecular weight excluding hydrogens is 322 g/mol. The predicted octanol–water partition coefficient (Wildman–Crippen LogP) is 3.79. The zero-order chi connectivity index (χ0) is 17.0. The first kappa shape index (κ1) is 17.5. The lowest BCUT2D eigenvalue weighted by atomic mass is 10.2. The summed E-state index contributed by atoms with van der Waals surface area (Å²) in [5.74, 6) is -2.10. The molecule has 0 saturated heterocycles. The van der Waals surface area contributed by atoms with E-state index in [0.717, 1.165) is 17.1 Å². The third-order valence-electron chi connectivity index (χ3n) is 3.24. The van der Waals surface area contributed by atoms with Crippen molar-refractivity contribution in [3.63, 3.8) is 0 Å². The zero-order valence-electron chi connectivity index (χ0n) is 13.2. The second-order valence-electron chi connectivity index (χ2n) is 5.06. The van der Waals surface area contributed by atoms with Crippen LogP contribution in [0.4, 0.5) is 8.78 Å². The average molecular weight is 340 g/mol. The molecule has 1 aromatic heterocycles. The summed E-state index contributed by atoms with van der Waals surface area (Å²) >= 11 is 1.45. The minimum atomic E-state index is -0.870. The van der Waals surface area contributed by atoms with Gasteiger partial charge in [0, 0.05) is 25.1 Å². The highest BCUT2D eigenvalue weighted by molar-refractivity contribution is 7.09. The Bertz CT molecular complexity index is 690. The molecule has 0 aliphatic heterocycles. The Hall–Kier alpha value is -1.86. The molecule has 0 spiro atoms. The van der Waals surface area contributed by atoms with Gasteiger partial charge in [0.15, 0.2) is 0 Å². The van der Waals surface area contributed by atoms with E-state index in [-0.39, 0.29) is 18.2 Å². The fourth-order valence-corrected chi connectivity index (χ4v) is 2.90. The normalized spacial score (nSPS) is 12.2. The van der Waals surface area contributed by atoms with Crippen molar-refractivity contribution in [3.8, 4) is 0 Å². The van der Waals surface area contributed by atoms with Gasteiger partial charge >= 0.3 is 0 Å². The van der Waals surface area contributed by atoms with Crippen LogP contribution >= 0.6 is 11.3 Å². The van der Waals surface area contributed by atoms with Crippen molar-refractivity contribution in [1.29, 1.82) is 0 Å². The fraction of sp³-hybridized carbons (Fsp3) is 0.375. The number of rotatable bonds is 6. The lowest BCUT2D eigenvalue weighted by Gasteiger charge is -2.16. The first-order valence-electron chi connectivity index (χ1n) is 7.18. The maximum atomic E-state index is 13.7. The second-order valence-corrected chi connectivity index (χ2v) is 5.95. The molecule has 0 bridgehead atoms. The molecule has 1 heterocycles. The maximum absolute atomic E-state index is 13.7. The van der Waals surface area contributed by atoms with Crippen LogP contribution in [0.1, 0.15) is 41.0 Å². The van der Waals surface area contributed by atoms with E-state index in [4.69, 9.17) is 4.74 Å². The number of thiazole rings is 1. The average Bonchev–Trinajstić information content (AvgIpc) is 2.95. The van der Waals surface area contributed by atoms with E-state index in [2.05, 4.69) is 4.98 Å². The highest BCUT2D eigenvalue weighted by atomic mass is 32.1. The van der Waals surface area contributed by atoms with Crippen LogP contribution in [0.25, 0.3) is 0 Å². The van der Waals surface area contributed by atoms with E-state index in [0.29, 0.717) is 18.4 Å². The zero-order valence-corrected chi connectivity index (χ0v) is 14.0. The highest BCUT2D eigenvalue weighted by Gasteiger charge is 2.18. The number of halogens is 2. The quantitative estimate of drug-likeness (QED) is 0.803. The van der Waals surface area contributed by atoms with Crippen LogP contribution in [0.5, 0.6) is 0 Å². The molecule has 124 valence electrons. The molecule has 23 heavy (non-hydrogen) atoms. The summed E-state index contributed by atoms with van der Waals surface area (Å²) in [6.07, 6.45) is -0.102. The minimum absolute atomic E-state index is 0.102. The van der Waals surface area contributed by atoms with E-state index in [9.17, 15) is 13.6 Å². The summed E-state index contributed by atoms with van der Waals surface area (Å²) in [4.78, 5) is 18.0. The molecule has 0 aliphatic rings. The third-order valence-corrected chi connectivity index (χ3v) is 4.30. The van der Waals surface area contributed by atoms with Gasteiger partial charge in [0.1, 0.15) is 22.7 Å². The van der Waals surface area contributed by atoms with Crippen LogP contribution in [-0.2, 0) is 11.3 Å². The maximum Gasteiger partial charge on any atom is 0.256 e. The summed E-state index contributed by atoms with van der Waals surface area (Å²) in [5, 5.41) is 2.67. The Morgan fingerprint density at radius 2 is 2.17 bits per heavy atom. The SMILES string of the molecule is CCOC(C)c1nc(CN(C)C(=O)c2ccc(F)cc2F)cs1. The van der Waals surface area contributed by atoms with Crippen LogP contribution in [-0.4, -0.2) is 29.4 Å². The van der Waals surface area contributed by atoms with E-state index in [1.165, 1.54) is 16.2 Å². The third kappa shape index (κ3) is 4.33. The van der Waals surface area contributed by atoms with Gasteiger partial charge in [0.2, 0.25) is 0 Å². The molecule has 0 saturated carbocycles. The first-order valence-corrected chi connectivity index (χ1v) is 8.06. The number of ether oxygens (including phenoxy) is 1. The number of amides is 1. The molecule has 1 amide bonds. The van der Waals surface area contributed by atoms with Crippen molar-refractivity contribution in [2.75, 3.05) is 13.7 Å². The highest BCUT2D eigenvalue weighted by Crippen LogP contribution is 2.22. The fourth-order valence-electron chi connectivity index (χ4n) is 2.09. The monoisotopic (exact) mass is 340 g/mol. The van der Waals surface area contributed by atoms with Gasteiger partial charge in [0.05, 0.1) is 17.8 Å². The van der Waals surface area contributed by atoms with Crippen LogP contribution in [0.15, 0.2) is 23.6 Å². The number of hydrogen-bond acceptors (Lipinski definition) is 4. The molecule has 2 aromatic rings. The van der Waals surface area contributed by atoms with Gasteiger partial charge in [-0.1, -0.05) is 0 Å². The lowest BCUT2D eigenvalue weighted by molar-refractivity contribution is 0.0755. The van der Waals surface area contributed by atoms with E-state index in [1.807, 2.05) is 19.2 Å². The van der Waals surface area contributed by atoms with Crippen molar-refractivity contribution >= 4 is 17.2 Å². The summed E-state index contributed by atoms with van der Waals surface area (Å²) in [6, 6.07) is 2.91. The number of benzene rings is 1.